The maximum atomic E-state index is 5.79. The summed E-state index contributed by atoms with van der Waals surface area (Å²) in [5, 5.41) is 12.0. The topological polar surface area (TPSA) is 40.0 Å². The standard InChI is InChI=1S/C58H33N5S/c1-3-15-34(16-4-1)35-28-30-49-43(31-35)45-33-44-39-20-8-12-24-47(39)62-48-25-13-9-21-41(48)53(55(44)62)56(45)63(49)58-59-54(52-42-22-10-14-26-51(42)64-57(52)60-58)36-27-29-40-38-19-7-11-23-46(38)61(50(40)32-36)37-17-5-2-6-18-37/h1-33H. The van der Waals surface area contributed by atoms with Crippen LogP contribution in [0.1, 0.15) is 0 Å². The molecule has 0 amide bonds. The molecule has 0 bridgehead atoms. The summed E-state index contributed by atoms with van der Waals surface area (Å²) in [6.45, 7) is 0. The molecule has 5 nitrogen and oxygen atoms in total. The zero-order chi connectivity index (χ0) is 41.6. The second kappa shape index (κ2) is 12.6. The number of hydrogen-bond acceptors (Lipinski definition) is 3. The molecule has 0 aliphatic rings. The van der Waals surface area contributed by atoms with Crippen molar-refractivity contribution in [2.75, 3.05) is 0 Å². The fraction of sp³-hybridized carbons (Fsp3) is 0. The van der Waals surface area contributed by atoms with Crippen molar-refractivity contribution in [2.45, 2.75) is 0 Å². The minimum Gasteiger partial charge on any atom is -0.309 e. The van der Waals surface area contributed by atoms with Gasteiger partial charge in [-0.2, -0.15) is 0 Å². The highest BCUT2D eigenvalue weighted by atomic mass is 32.1. The molecule has 64 heavy (non-hydrogen) atoms. The largest absolute Gasteiger partial charge is 0.309 e. The molecular weight excluding hydrogens is 799 g/mol. The van der Waals surface area contributed by atoms with Gasteiger partial charge in [0.25, 0.3) is 0 Å². The summed E-state index contributed by atoms with van der Waals surface area (Å²) < 4.78 is 8.41. The Hall–Kier alpha value is -8.32. The van der Waals surface area contributed by atoms with Crippen molar-refractivity contribution >= 4 is 113 Å². The van der Waals surface area contributed by atoms with E-state index in [-0.39, 0.29) is 0 Å². The second-order valence-electron chi connectivity index (χ2n) is 16.9. The molecule has 9 aromatic carbocycles. The first-order valence-electron chi connectivity index (χ1n) is 21.7. The van der Waals surface area contributed by atoms with Crippen molar-refractivity contribution in [2.24, 2.45) is 0 Å². The van der Waals surface area contributed by atoms with E-state index < -0.39 is 0 Å². The minimum atomic E-state index is 0.660. The Balaban J connectivity index is 1.10. The molecule has 0 atom stereocenters. The Bertz CT molecular complexity index is 4420. The number of aromatic nitrogens is 5. The van der Waals surface area contributed by atoms with Gasteiger partial charge >= 0.3 is 0 Å². The number of rotatable bonds is 4. The van der Waals surface area contributed by atoms with Crippen molar-refractivity contribution in [3.63, 3.8) is 0 Å². The van der Waals surface area contributed by atoms with Gasteiger partial charge < -0.3 is 8.97 Å². The molecule has 296 valence electrons. The van der Waals surface area contributed by atoms with Crippen LogP contribution in [0.2, 0.25) is 0 Å². The van der Waals surface area contributed by atoms with Crippen LogP contribution in [-0.4, -0.2) is 23.5 Å². The van der Waals surface area contributed by atoms with E-state index in [2.05, 4.69) is 214 Å². The van der Waals surface area contributed by atoms with Crippen LogP contribution < -0.4 is 0 Å². The van der Waals surface area contributed by atoms with Gasteiger partial charge in [-0.1, -0.05) is 140 Å². The summed E-state index contributed by atoms with van der Waals surface area (Å²) in [4.78, 5) is 12.4. The third-order valence-corrected chi connectivity index (χ3v) is 14.7. The zero-order valence-electron chi connectivity index (χ0n) is 34.2. The molecule has 0 fully saturated rings. The summed E-state index contributed by atoms with van der Waals surface area (Å²) in [7, 11) is 0. The van der Waals surface area contributed by atoms with Crippen molar-refractivity contribution in [1.29, 1.82) is 0 Å². The Kier molecular flexibility index (Phi) is 6.77. The molecule has 0 spiro atoms. The summed E-state index contributed by atoms with van der Waals surface area (Å²) >= 11 is 1.74. The van der Waals surface area contributed by atoms with Crippen LogP contribution in [0.4, 0.5) is 0 Å². The van der Waals surface area contributed by atoms with Gasteiger partial charge in [-0.25, -0.2) is 9.97 Å². The van der Waals surface area contributed by atoms with E-state index in [1.807, 2.05) is 0 Å². The number of fused-ring (bicyclic) bond motifs is 16. The second-order valence-corrected chi connectivity index (χ2v) is 17.9. The van der Waals surface area contributed by atoms with Crippen LogP contribution in [0.5, 0.6) is 0 Å². The molecule has 15 rings (SSSR count). The van der Waals surface area contributed by atoms with Crippen molar-refractivity contribution in [3.05, 3.63) is 200 Å². The number of benzene rings is 9. The lowest BCUT2D eigenvalue weighted by atomic mass is 10.0. The van der Waals surface area contributed by atoms with Crippen molar-refractivity contribution in [1.82, 2.24) is 23.5 Å². The van der Waals surface area contributed by atoms with E-state index in [1.54, 1.807) is 11.3 Å². The van der Waals surface area contributed by atoms with Gasteiger partial charge in [0.05, 0.1) is 44.3 Å². The molecule has 0 saturated heterocycles. The Morgan fingerprint density at radius 1 is 0.344 bits per heavy atom. The number of nitrogens with zero attached hydrogens (tertiary/aromatic N) is 5. The molecule has 0 saturated carbocycles. The summed E-state index contributed by atoms with van der Waals surface area (Å²) in [5.41, 5.74) is 13.6. The highest BCUT2D eigenvalue weighted by Crippen LogP contribution is 2.48. The van der Waals surface area contributed by atoms with Crippen LogP contribution in [-0.2, 0) is 0 Å². The van der Waals surface area contributed by atoms with Gasteiger partial charge in [0, 0.05) is 69.8 Å². The van der Waals surface area contributed by atoms with Crippen LogP contribution in [0, 0.1) is 0 Å². The molecule has 0 N–H and O–H groups in total. The van der Waals surface area contributed by atoms with E-state index in [9.17, 15) is 0 Å². The lowest BCUT2D eigenvalue weighted by Gasteiger charge is -2.12. The molecule has 0 aliphatic carbocycles. The predicted molar refractivity (Wildman–Crippen MR) is 269 cm³/mol. The van der Waals surface area contributed by atoms with Crippen LogP contribution in [0.3, 0.4) is 0 Å². The molecule has 15 aromatic rings. The highest BCUT2D eigenvalue weighted by Gasteiger charge is 2.27. The lowest BCUT2D eigenvalue weighted by molar-refractivity contribution is 1.02. The zero-order valence-corrected chi connectivity index (χ0v) is 35.0. The third kappa shape index (κ3) is 4.51. The Morgan fingerprint density at radius 2 is 0.953 bits per heavy atom. The van der Waals surface area contributed by atoms with Gasteiger partial charge in [0.2, 0.25) is 5.95 Å². The first kappa shape index (κ1) is 34.3. The van der Waals surface area contributed by atoms with Crippen molar-refractivity contribution in [3.8, 4) is 34.0 Å². The molecule has 0 aliphatic heterocycles. The van der Waals surface area contributed by atoms with E-state index in [0.29, 0.717) is 5.95 Å². The SMILES string of the molecule is c1ccc(-c2ccc3c(c2)c2cc4c5ccccc5n5c6ccccc6c(c2n3-c2nc(-c3ccc6c7ccccc7n(-c7ccccc7)c6c3)c3c(n2)sc2ccccc23)c45)cc1. The van der Waals surface area contributed by atoms with E-state index in [4.69, 9.17) is 9.97 Å². The Labute approximate surface area is 369 Å². The first-order chi connectivity index (χ1) is 31.8. The normalized spacial score (nSPS) is 12.4. The van der Waals surface area contributed by atoms with Gasteiger partial charge in [-0.15, -0.1) is 11.3 Å². The van der Waals surface area contributed by atoms with E-state index >= 15 is 0 Å². The molecule has 0 unspecified atom stereocenters. The highest BCUT2D eigenvalue weighted by molar-refractivity contribution is 7.25. The van der Waals surface area contributed by atoms with E-state index in [1.165, 1.54) is 86.4 Å². The molecule has 0 radical (unpaired) electrons. The number of thiophene rings is 1. The third-order valence-electron chi connectivity index (χ3n) is 13.6. The van der Waals surface area contributed by atoms with Gasteiger partial charge in [0.1, 0.15) is 4.83 Å². The number of hydrogen-bond donors (Lipinski definition) is 0. The van der Waals surface area contributed by atoms with E-state index in [0.717, 1.165) is 43.7 Å². The van der Waals surface area contributed by atoms with Gasteiger partial charge in [-0.3, -0.25) is 4.57 Å². The van der Waals surface area contributed by atoms with Crippen molar-refractivity contribution < 1.29 is 0 Å². The number of para-hydroxylation sites is 4. The lowest BCUT2D eigenvalue weighted by Crippen LogP contribution is -2.03. The Morgan fingerprint density at radius 3 is 1.77 bits per heavy atom. The van der Waals surface area contributed by atoms with Crippen LogP contribution >= 0.6 is 11.3 Å². The average molecular weight is 832 g/mol. The van der Waals surface area contributed by atoms with Crippen LogP contribution in [0.15, 0.2) is 200 Å². The molecule has 6 aromatic heterocycles. The molecule has 6 heteroatoms. The van der Waals surface area contributed by atoms with Gasteiger partial charge in [-0.05, 0) is 71.8 Å². The summed E-state index contributed by atoms with van der Waals surface area (Å²) in [6.07, 6.45) is 0. The fourth-order valence-electron chi connectivity index (χ4n) is 10.9. The quantitative estimate of drug-likeness (QED) is 0.177. The minimum absolute atomic E-state index is 0.660. The predicted octanol–water partition coefficient (Wildman–Crippen LogP) is 15.5. The maximum Gasteiger partial charge on any atom is 0.236 e. The fourth-order valence-corrected chi connectivity index (χ4v) is 12.0. The summed E-state index contributed by atoms with van der Waals surface area (Å²) in [5.74, 6) is 0.660. The summed E-state index contributed by atoms with van der Waals surface area (Å²) in [6, 6.07) is 72.7. The maximum absolute atomic E-state index is 5.79. The average Bonchev–Trinajstić information content (AvgIpc) is 4.16. The monoisotopic (exact) mass is 831 g/mol. The van der Waals surface area contributed by atoms with Gasteiger partial charge in [0.15, 0.2) is 0 Å². The molecular formula is C58H33N5S. The first-order valence-corrected chi connectivity index (χ1v) is 22.6. The molecule has 6 heterocycles. The van der Waals surface area contributed by atoms with Crippen LogP contribution in [0.25, 0.3) is 136 Å². The smallest absolute Gasteiger partial charge is 0.236 e.